The van der Waals surface area contributed by atoms with Crippen LogP contribution < -0.4 is 0 Å². The molecule has 1 aliphatic rings. The van der Waals surface area contributed by atoms with Crippen molar-refractivity contribution in [2.24, 2.45) is 4.99 Å². The highest BCUT2D eigenvalue weighted by Gasteiger charge is 2.17. The van der Waals surface area contributed by atoms with E-state index in [4.69, 9.17) is 11.4 Å². The maximum Gasteiger partial charge on any atom is 0.0650 e. The summed E-state index contributed by atoms with van der Waals surface area (Å²) in [7, 11) is 0. The summed E-state index contributed by atoms with van der Waals surface area (Å²) in [6, 6.07) is 45.8. The van der Waals surface area contributed by atoms with Crippen molar-refractivity contribution in [1.29, 1.82) is 0 Å². The van der Waals surface area contributed by atoms with E-state index >= 15 is 0 Å². The lowest BCUT2D eigenvalue weighted by Gasteiger charge is -2.18. The van der Waals surface area contributed by atoms with Crippen LogP contribution in [0.5, 0.6) is 0 Å². The molecule has 0 unspecified atom stereocenters. The highest BCUT2D eigenvalue weighted by atomic mass is 14.7. The number of hydrogen-bond donors (Lipinski definition) is 0. The summed E-state index contributed by atoms with van der Waals surface area (Å²) in [6.07, 6.45) is 17.5. The van der Waals surface area contributed by atoms with Gasteiger partial charge in [-0.05, 0) is 104 Å². The average Bonchev–Trinajstić information content (AvgIpc) is 3.13. The molecule has 0 heterocycles. The van der Waals surface area contributed by atoms with Gasteiger partial charge in [0.1, 0.15) is 0 Å². The van der Waals surface area contributed by atoms with Gasteiger partial charge in [0.15, 0.2) is 0 Å². The van der Waals surface area contributed by atoms with Gasteiger partial charge in [-0.25, -0.2) is 0 Å². The maximum atomic E-state index is 5.69. The van der Waals surface area contributed by atoms with Crippen molar-refractivity contribution in [2.75, 3.05) is 0 Å². The van der Waals surface area contributed by atoms with Crippen molar-refractivity contribution >= 4 is 32.8 Å². The fourth-order valence-electron chi connectivity index (χ4n) is 6.70. The molecule has 6 aromatic carbocycles. The van der Waals surface area contributed by atoms with E-state index in [1.165, 1.54) is 66.1 Å². The summed E-state index contributed by atoms with van der Waals surface area (Å²) in [5.74, 6) is 2.81. The molecule has 0 N–H and O–H groups in total. The Kier molecular flexibility index (Phi) is 8.76. The summed E-state index contributed by atoms with van der Waals surface area (Å²) in [4.78, 5) is 5.11. The molecule has 0 aromatic heterocycles. The molecule has 0 radical (unpaired) electrons. The van der Waals surface area contributed by atoms with Crippen LogP contribution >= 0.6 is 0 Å². The lowest BCUT2D eigenvalue weighted by Crippen LogP contribution is -2.02. The van der Waals surface area contributed by atoms with Crippen molar-refractivity contribution in [3.8, 4) is 34.6 Å². The Morgan fingerprint density at radius 3 is 1.89 bits per heavy atom. The number of benzene rings is 6. The van der Waals surface area contributed by atoms with Crippen LogP contribution in [0.4, 0.5) is 0 Å². The van der Waals surface area contributed by atoms with E-state index in [0.717, 1.165) is 24.1 Å². The number of terminal acetylenes is 1. The minimum atomic E-state index is 0.619. The first-order chi connectivity index (χ1) is 23.2. The Morgan fingerprint density at radius 2 is 1.28 bits per heavy atom. The third-order valence-electron chi connectivity index (χ3n) is 8.98. The van der Waals surface area contributed by atoms with Crippen molar-refractivity contribution in [3.05, 3.63) is 174 Å². The van der Waals surface area contributed by atoms with E-state index in [0.29, 0.717) is 13.0 Å². The monoisotopic (exact) mass is 603 g/mol. The average molecular weight is 604 g/mol. The molecule has 7 rings (SSSR count). The molecule has 6 aromatic rings. The molecule has 226 valence electrons. The van der Waals surface area contributed by atoms with Gasteiger partial charge in [-0.1, -0.05) is 140 Å². The Hall–Kier alpha value is -5.71. The van der Waals surface area contributed by atoms with Gasteiger partial charge in [0, 0.05) is 6.42 Å². The zero-order chi connectivity index (χ0) is 32.0. The Bertz CT molecular complexity index is 2200. The van der Waals surface area contributed by atoms with Gasteiger partial charge in [-0.15, -0.1) is 12.3 Å². The first kappa shape index (κ1) is 30.0. The second-order valence-electron chi connectivity index (χ2n) is 12.2. The molecule has 0 amide bonds. The lowest BCUT2D eigenvalue weighted by atomic mass is 9.85. The molecule has 0 saturated carbocycles. The summed E-state index contributed by atoms with van der Waals surface area (Å²) >= 11 is 0. The molecule has 0 atom stereocenters. The highest BCUT2D eigenvalue weighted by molar-refractivity contribution is 6.21. The third-order valence-corrected chi connectivity index (χ3v) is 8.98. The molecular weight excluding hydrogens is 567 g/mol. The van der Waals surface area contributed by atoms with Gasteiger partial charge in [0.25, 0.3) is 0 Å². The second kappa shape index (κ2) is 13.7. The van der Waals surface area contributed by atoms with Crippen molar-refractivity contribution in [2.45, 2.75) is 32.7 Å². The smallest absolute Gasteiger partial charge is 0.0650 e. The lowest BCUT2D eigenvalue weighted by molar-refractivity contribution is 1.02. The third kappa shape index (κ3) is 6.37. The Morgan fingerprint density at radius 1 is 0.681 bits per heavy atom. The SMILES string of the molecule is C#CCc1cccc(-c2c3ccccc3c(-c3cccc(/C(C)=C/C(=N\Cc4ccccc4)C4=CCCC=C4)c3)c3ccccc23)c1. The van der Waals surface area contributed by atoms with E-state index in [9.17, 15) is 0 Å². The molecule has 0 spiro atoms. The van der Waals surface area contributed by atoms with Gasteiger partial charge in [0.05, 0.1) is 12.3 Å². The number of rotatable bonds is 8. The van der Waals surface area contributed by atoms with Crippen molar-refractivity contribution in [3.63, 3.8) is 0 Å². The van der Waals surface area contributed by atoms with Gasteiger partial charge >= 0.3 is 0 Å². The van der Waals surface area contributed by atoms with E-state index in [1.807, 2.05) is 0 Å². The first-order valence-corrected chi connectivity index (χ1v) is 16.4. The molecule has 1 nitrogen and oxygen atoms in total. The van der Waals surface area contributed by atoms with Gasteiger partial charge < -0.3 is 0 Å². The van der Waals surface area contributed by atoms with Crippen molar-refractivity contribution in [1.82, 2.24) is 0 Å². The molecule has 1 heteroatoms. The molecule has 47 heavy (non-hydrogen) atoms. The fraction of sp³-hybridized carbons (Fsp3) is 0.109. The van der Waals surface area contributed by atoms with Crippen LogP contribution in [0.1, 0.15) is 36.5 Å². The van der Waals surface area contributed by atoms with Gasteiger partial charge in [0.2, 0.25) is 0 Å². The minimum absolute atomic E-state index is 0.619. The zero-order valence-corrected chi connectivity index (χ0v) is 26.8. The predicted molar refractivity (Wildman–Crippen MR) is 203 cm³/mol. The van der Waals surface area contributed by atoms with E-state index in [-0.39, 0.29) is 0 Å². The maximum absolute atomic E-state index is 5.69. The second-order valence-corrected chi connectivity index (χ2v) is 12.2. The normalized spacial score (nSPS) is 13.5. The largest absolute Gasteiger partial charge is 0.280 e. The molecule has 1 aliphatic carbocycles. The van der Waals surface area contributed by atoms with E-state index in [2.05, 4.69) is 165 Å². The Labute approximate surface area is 278 Å². The summed E-state index contributed by atoms with van der Waals surface area (Å²) in [5, 5.41) is 4.96. The summed E-state index contributed by atoms with van der Waals surface area (Å²) in [6.45, 7) is 2.86. The van der Waals surface area contributed by atoms with Crippen LogP contribution in [0.3, 0.4) is 0 Å². The van der Waals surface area contributed by atoms with Crippen LogP contribution in [-0.2, 0) is 13.0 Å². The number of allylic oxidation sites excluding steroid dienone is 6. The van der Waals surface area contributed by atoms with Crippen LogP contribution in [0, 0.1) is 12.3 Å². The quantitative estimate of drug-likeness (QED) is 0.0932. The van der Waals surface area contributed by atoms with Crippen LogP contribution in [0.25, 0.3) is 49.4 Å². The summed E-state index contributed by atoms with van der Waals surface area (Å²) in [5.41, 5.74) is 11.9. The molecule has 0 fully saturated rings. The fourth-order valence-corrected chi connectivity index (χ4v) is 6.70. The summed E-state index contributed by atoms with van der Waals surface area (Å²) < 4.78 is 0. The first-order valence-electron chi connectivity index (χ1n) is 16.4. The van der Waals surface area contributed by atoms with Crippen LogP contribution in [-0.4, -0.2) is 5.71 Å². The molecular formula is C46H37N. The Balaban J connectivity index is 1.36. The molecule has 0 bridgehead atoms. The zero-order valence-electron chi connectivity index (χ0n) is 26.8. The van der Waals surface area contributed by atoms with E-state index in [1.54, 1.807) is 0 Å². The number of aliphatic imine (C=N–C) groups is 1. The molecule has 0 aliphatic heterocycles. The van der Waals surface area contributed by atoms with Crippen LogP contribution in [0.15, 0.2) is 162 Å². The van der Waals surface area contributed by atoms with Crippen molar-refractivity contribution < 1.29 is 0 Å². The number of hydrogen-bond acceptors (Lipinski definition) is 1. The van der Waals surface area contributed by atoms with Gasteiger partial charge in [-0.2, -0.15) is 0 Å². The standard InChI is InChI=1S/C46H37N/c1-3-16-34-19-14-23-38(30-34)45-40-25-10-12-27-42(40)46(43-28-13-11-26-41(43)45)39-24-15-22-37(31-39)33(2)29-44(36-20-8-5-9-21-36)47-32-35-17-6-4-7-18-35/h1,4,6-8,10-15,17-31H,5,9,16,32H2,2H3/b33-29+,47-44+. The highest BCUT2D eigenvalue weighted by Crippen LogP contribution is 2.44. The molecule has 0 saturated heterocycles. The van der Waals surface area contributed by atoms with Gasteiger partial charge in [-0.3, -0.25) is 4.99 Å². The predicted octanol–water partition coefficient (Wildman–Crippen LogP) is 11.8. The number of nitrogens with zero attached hydrogens (tertiary/aromatic N) is 1. The minimum Gasteiger partial charge on any atom is -0.280 e. The topological polar surface area (TPSA) is 12.4 Å². The number of fused-ring (bicyclic) bond motifs is 2. The van der Waals surface area contributed by atoms with E-state index < -0.39 is 0 Å². The van der Waals surface area contributed by atoms with Crippen LogP contribution in [0.2, 0.25) is 0 Å².